The van der Waals surface area contributed by atoms with Crippen LogP contribution in [0, 0.1) is 11.8 Å². The number of fused-ring (bicyclic) bond motifs is 1. The molecule has 0 aliphatic heterocycles. The molecule has 1 atom stereocenters. The zero-order valence-electron chi connectivity index (χ0n) is 12.1. The van der Waals surface area contributed by atoms with Crippen molar-refractivity contribution in [2.45, 2.75) is 53.0 Å². The second-order valence-corrected chi connectivity index (χ2v) is 6.15. The van der Waals surface area contributed by atoms with Crippen LogP contribution < -0.4 is 5.56 Å². The summed E-state index contributed by atoms with van der Waals surface area (Å²) < 4.78 is 1.83. The third-order valence-corrected chi connectivity index (χ3v) is 3.78. The fraction of sp³-hybridized carbons (Fsp3) is 0.625. The standard InChI is InChI=1S/C16H23NO2/c1-11(2)9-12(3)10-17-14-5-4-6-15(18)13(14)7-8-16(17)19/h7-8,11-12H,4-6,9-10H2,1-3H3. The average Bonchev–Trinajstić information content (AvgIpc) is 2.32. The van der Waals surface area contributed by atoms with E-state index in [0.29, 0.717) is 18.3 Å². The lowest BCUT2D eigenvalue weighted by Crippen LogP contribution is -2.30. The number of carbonyl (C=O) groups excluding carboxylic acids is 1. The minimum atomic E-state index is 0.0315. The fourth-order valence-electron chi connectivity index (χ4n) is 3.08. The summed E-state index contributed by atoms with van der Waals surface area (Å²) in [5, 5.41) is 0. The van der Waals surface area contributed by atoms with Crippen LogP contribution in [-0.2, 0) is 13.0 Å². The molecule has 1 aliphatic carbocycles. The van der Waals surface area contributed by atoms with Crippen molar-refractivity contribution in [2.75, 3.05) is 0 Å². The minimum Gasteiger partial charge on any atom is -0.312 e. The van der Waals surface area contributed by atoms with Crippen molar-refractivity contribution >= 4 is 5.78 Å². The molecule has 0 fully saturated rings. The lowest BCUT2D eigenvalue weighted by molar-refractivity contribution is 0.0970. The highest BCUT2D eigenvalue weighted by Crippen LogP contribution is 2.21. The van der Waals surface area contributed by atoms with Crippen molar-refractivity contribution in [2.24, 2.45) is 11.8 Å². The van der Waals surface area contributed by atoms with E-state index in [1.54, 1.807) is 12.1 Å². The normalized spacial score (nSPS) is 16.5. The van der Waals surface area contributed by atoms with E-state index in [-0.39, 0.29) is 11.3 Å². The van der Waals surface area contributed by atoms with Gasteiger partial charge in [0.25, 0.3) is 5.56 Å². The van der Waals surface area contributed by atoms with Crippen molar-refractivity contribution in [3.8, 4) is 0 Å². The van der Waals surface area contributed by atoms with Crippen molar-refractivity contribution < 1.29 is 4.79 Å². The van der Waals surface area contributed by atoms with Crippen molar-refractivity contribution in [3.05, 3.63) is 33.7 Å². The summed E-state index contributed by atoms with van der Waals surface area (Å²) >= 11 is 0. The monoisotopic (exact) mass is 261 g/mol. The van der Waals surface area contributed by atoms with Crippen LogP contribution >= 0.6 is 0 Å². The Bertz CT molecular complexity index is 528. The summed E-state index contributed by atoms with van der Waals surface area (Å²) in [5.41, 5.74) is 1.76. The Kier molecular flexibility index (Phi) is 4.23. The molecule has 1 heterocycles. The van der Waals surface area contributed by atoms with Crippen molar-refractivity contribution in [3.63, 3.8) is 0 Å². The molecular weight excluding hydrogens is 238 g/mol. The van der Waals surface area contributed by atoms with Gasteiger partial charge in [-0.15, -0.1) is 0 Å². The SMILES string of the molecule is CC(C)CC(C)Cn1c2c(ccc1=O)C(=O)CCC2. The summed E-state index contributed by atoms with van der Waals surface area (Å²) in [4.78, 5) is 24.0. The van der Waals surface area contributed by atoms with Gasteiger partial charge in [0, 0.05) is 30.3 Å². The Balaban J connectivity index is 2.32. The average molecular weight is 261 g/mol. The van der Waals surface area contributed by atoms with Crippen LogP contribution in [0.5, 0.6) is 0 Å². The molecule has 1 aliphatic rings. The smallest absolute Gasteiger partial charge is 0.250 e. The largest absolute Gasteiger partial charge is 0.312 e. The van der Waals surface area contributed by atoms with Crippen LogP contribution in [0.15, 0.2) is 16.9 Å². The van der Waals surface area contributed by atoms with Crippen LogP contribution in [0.4, 0.5) is 0 Å². The topological polar surface area (TPSA) is 39.1 Å². The Morgan fingerprint density at radius 2 is 1.89 bits per heavy atom. The van der Waals surface area contributed by atoms with Gasteiger partial charge in [0.05, 0.1) is 0 Å². The molecule has 3 heteroatoms. The number of Topliss-reactive ketones (excluding diaryl/α,β-unsaturated/α-hetero) is 1. The Labute approximate surface area is 114 Å². The summed E-state index contributed by atoms with van der Waals surface area (Å²) in [7, 11) is 0. The van der Waals surface area contributed by atoms with E-state index in [4.69, 9.17) is 0 Å². The van der Waals surface area contributed by atoms with Gasteiger partial charge >= 0.3 is 0 Å². The van der Waals surface area contributed by atoms with Gasteiger partial charge in [-0.2, -0.15) is 0 Å². The number of carbonyl (C=O) groups is 1. The van der Waals surface area contributed by atoms with E-state index in [2.05, 4.69) is 20.8 Å². The molecule has 0 saturated heterocycles. The van der Waals surface area contributed by atoms with Crippen molar-refractivity contribution in [1.82, 2.24) is 4.57 Å². The zero-order chi connectivity index (χ0) is 14.0. The number of aromatic nitrogens is 1. The van der Waals surface area contributed by atoms with Crippen LogP contribution in [0.1, 0.15) is 56.1 Å². The van der Waals surface area contributed by atoms with Crippen LogP contribution in [0.25, 0.3) is 0 Å². The minimum absolute atomic E-state index is 0.0315. The fourth-order valence-corrected chi connectivity index (χ4v) is 3.08. The molecule has 0 N–H and O–H groups in total. The lowest BCUT2D eigenvalue weighted by Gasteiger charge is -2.23. The Morgan fingerprint density at radius 3 is 2.58 bits per heavy atom. The van der Waals surface area contributed by atoms with E-state index in [1.165, 1.54) is 0 Å². The molecule has 0 spiro atoms. The maximum absolute atomic E-state index is 12.1. The van der Waals surface area contributed by atoms with Gasteiger partial charge in [-0.3, -0.25) is 9.59 Å². The zero-order valence-corrected chi connectivity index (χ0v) is 12.1. The first-order valence-electron chi connectivity index (χ1n) is 7.25. The molecule has 3 nitrogen and oxygen atoms in total. The lowest BCUT2D eigenvalue weighted by atomic mass is 9.93. The highest BCUT2D eigenvalue weighted by atomic mass is 16.1. The van der Waals surface area contributed by atoms with E-state index in [0.717, 1.165) is 37.1 Å². The molecule has 0 radical (unpaired) electrons. The number of pyridine rings is 1. The second-order valence-electron chi connectivity index (χ2n) is 6.15. The van der Waals surface area contributed by atoms with E-state index < -0.39 is 0 Å². The third-order valence-electron chi connectivity index (χ3n) is 3.78. The van der Waals surface area contributed by atoms with Gasteiger partial charge < -0.3 is 4.57 Å². The molecule has 0 amide bonds. The van der Waals surface area contributed by atoms with E-state index in [9.17, 15) is 9.59 Å². The van der Waals surface area contributed by atoms with Crippen LogP contribution in [0.2, 0.25) is 0 Å². The Hall–Kier alpha value is -1.38. The maximum atomic E-state index is 12.1. The predicted octanol–water partition coefficient (Wildman–Crippen LogP) is 3.05. The first kappa shape index (κ1) is 14.0. The number of rotatable bonds is 4. The maximum Gasteiger partial charge on any atom is 0.250 e. The molecule has 104 valence electrons. The summed E-state index contributed by atoms with van der Waals surface area (Å²) in [5.74, 6) is 1.28. The molecule has 0 bridgehead atoms. The quantitative estimate of drug-likeness (QED) is 0.835. The summed E-state index contributed by atoms with van der Waals surface area (Å²) in [6.07, 6.45) is 3.44. The first-order valence-corrected chi connectivity index (χ1v) is 7.25. The summed E-state index contributed by atoms with van der Waals surface area (Å²) in [6.45, 7) is 7.30. The van der Waals surface area contributed by atoms with Crippen molar-refractivity contribution in [1.29, 1.82) is 0 Å². The molecule has 2 rings (SSSR count). The number of hydrogen-bond acceptors (Lipinski definition) is 2. The number of nitrogens with zero attached hydrogens (tertiary/aromatic N) is 1. The number of ketones is 1. The van der Waals surface area contributed by atoms with Gasteiger partial charge in [-0.25, -0.2) is 0 Å². The Morgan fingerprint density at radius 1 is 1.16 bits per heavy atom. The van der Waals surface area contributed by atoms with E-state index >= 15 is 0 Å². The third kappa shape index (κ3) is 3.14. The first-order chi connectivity index (χ1) is 8.99. The highest BCUT2D eigenvalue weighted by molar-refractivity contribution is 5.97. The highest BCUT2D eigenvalue weighted by Gasteiger charge is 2.21. The predicted molar refractivity (Wildman–Crippen MR) is 76.6 cm³/mol. The molecular formula is C16H23NO2. The molecule has 19 heavy (non-hydrogen) atoms. The van der Waals surface area contributed by atoms with Crippen LogP contribution in [0.3, 0.4) is 0 Å². The van der Waals surface area contributed by atoms with Gasteiger partial charge in [-0.1, -0.05) is 20.8 Å². The number of hydrogen-bond donors (Lipinski definition) is 0. The molecule has 0 saturated carbocycles. The molecule has 1 unspecified atom stereocenters. The van der Waals surface area contributed by atoms with Gasteiger partial charge in [0.1, 0.15) is 0 Å². The van der Waals surface area contributed by atoms with Gasteiger partial charge in [-0.05, 0) is 37.2 Å². The van der Waals surface area contributed by atoms with E-state index in [1.807, 2.05) is 4.57 Å². The van der Waals surface area contributed by atoms with Crippen LogP contribution in [-0.4, -0.2) is 10.4 Å². The molecule has 1 aromatic heterocycles. The second kappa shape index (κ2) is 5.72. The summed E-state index contributed by atoms with van der Waals surface area (Å²) in [6, 6.07) is 3.26. The van der Waals surface area contributed by atoms with Gasteiger partial charge in [0.2, 0.25) is 0 Å². The molecule has 1 aromatic rings. The van der Waals surface area contributed by atoms with Gasteiger partial charge in [0.15, 0.2) is 5.78 Å². The molecule has 0 aromatic carbocycles.